The SMILES string of the molecule is CN=CC(Br)=C(N)Cc1cccnc1. The Hall–Kier alpha value is -1.16. The zero-order valence-electron chi connectivity index (χ0n) is 7.94. The van der Waals surface area contributed by atoms with Crippen molar-refractivity contribution in [1.82, 2.24) is 4.98 Å². The molecule has 0 aliphatic rings. The third kappa shape index (κ3) is 3.30. The van der Waals surface area contributed by atoms with Gasteiger partial charge in [-0.05, 0) is 27.6 Å². The number of halogens is 1. The molecule has 14 heavy (non-hydrogen) atoms. The highest BCUT2D eigenvalue weighted by Gasteiger charge is 1.99. The first-order valence-electron chi connectivity index (χ1n) is 4.19. The molecule has 0 fully saturated rings. The summed E-state index contributed by atoms with van der Waals surface area (Å²) in [6.07, 6.45) is 5.91. The minimum absolute atomic E-state index is 0.681. The summed E-state index contributed by atoms with van der Waals surface area (Å²) in [7, 11) is 1.71. The quantitative estimate of drug-likeness (QED) is 0.837. The van der Waals surface area contributed by atoms with Gasteiger partial charge in [0.1, 0.15) is 0 Å². The van der Waals surface area contributed by atoms with Gasteiger partial charge in [-0.15, -0.1) is 0 Å². The van der Waals surface area contributed by atoms with Crippen molar-refractivity contribution in [3.63, 3.8) is 0 Å². The highest BCUT2D eigenvalue weighted by atomic mass is 79.9. The molecule has 0 aliphatic carbocycles. The fraction of sp³-hybridized carbons (Fsp3) is 0.200. The van der Waals surface area contributed by atoms with Crippen molar-refractivity contribution in [2.45, 2.75) is 6.42 Å². The molecule has 0 aliphatic heterocycles. The van der Waals surface area contributed by atoms with Gasteiger partial charge in [0.15, 0.2) is 0 Å². The first kappa shape index (κ1) is 10.9. The Morgan fingerprint density at radius 2 is 2.50 bits per heavy atom. The van der Waals surface area contributed by atoms with E-state index in [0.29, 0.717) is 6.42 Å². The van der Waals surface area contributed by atoms with Crippen LogP contribution in [0.2, 0.25) is 0 Å². The van der Waals surface area contributed by atoms with Crippen LogP contribution >= 0.6 is 15.9 Å². The van der Waals surface area contributed by atoms with Crippen LogP contribution in [0.3, 0.4) is 0 Å². The van der Waals surface area contributed by atoms with Gasteiger partial charge < -0.3 is 5.73 Å². The predicted octanol–water partition coefficient (Wildman–Crippen LogP) is 1.89. The van der Waals surface area contributed by atoms with Crippen molar-refractivity contribution in [3.8, 4) is 0 Å². The molecule has 3 nitrogen and oxygen atoms in total. The van der Waals surface area contributed by atoms with E-state index in [1.165, 1.54) is 0 Å². The maximum Gasteiger partial charge on any atom is 0.0544 e. The van der Waals surface area contributed by atoms with Gasteiger partial charge in [-0.1, -0.05) is 6.07 Å². The van der Waals surface area contributed by atoms with E-state index in [9.17, 15) is 0 Å². The number of pyridine rings is 1. The van der Waals surface area contributed by atoms with E-state index >= 15 is 0 Å². The summed E-state index contributed by atoms with van der Waals surface area (Å²) in [5.74, 6) is 0. The predicted molar refractivity (Wildman–Crippen MR) is 62.5 cm³/mol. The number of aliphatic imine (C=N–C) groups is 1. The highest BCUT2D eigenvalue weighted by Crippen LogP contribution is 2.10. The van der Waals surface area contributed by atoms with E-state index in [1.54, 1.807) is 25.7 Å². The number of hydrogen-bond donors (Lipinski definition) is 1. The van der Waals surface area contributed by atoms with E-state index in [4.69, 9.17) is 5.73 Å². The van der Waals surface area contributed by atoms with Crippen LogP contribution in [-0.4, -0.2) is 18.2 Å². The summed E-state index contributed by atoms with van der Waals surface area (Å²) in [6.45, 7) is 0. The van der Waals surface area contributed by atoms with E-state index in [1.807, 2.05) is 12.1 Å². The zero-order chi connectivity index (χ0) is 10.4. The van der Waals surface area contributed by atoms with Gasteiger partial charge in [0.05, 0.1) is 4.48 Å². The standard InChI is InChI=1S/C10H12BrN3/c1-13-7-9(11)10(12)5-8-3-2-4-14-6-8/h2-4,6-7H,5,12H2,1H3. The van der Waals surface area contributed by atoms with Crippen molar-refractivity contribution in [2.75, 3.05) is 7.05 Å². The smallest absolute Gasteiger partial charge is 0.0544 e. The molecule has 4 heteroatoms. The maximum absolute atomic E-state index is 5.85. The highest BCUT2D eigenvalue weighted by molar-refractivity contribution is 9.12. The van der Waals surface area contributed by atoms with Crippen molar-refractivity contribution < 1.29 is 0 Å². The molecule has 1 rings (SSSR count). The second-order valence-corrected chi connectivity index (χ2v) is 3.65. The monoisotopic (exact) mass is 253 g/mol. The van der Waals surface area contributed by atoms with Crippen molar-refractivity contribution in [1.29, 1.82) is 0 Å². The molecular weight excluding hydrogens is 242 g/mol. The average Bonchev–Trinajstić information content (AvgIpc) is 2.19. The summed E-state index contributed by atoms with van der Waals surface area (Å²) in [4.78, 5) is 7.89. The van der Waals surface area contributed by atoms with Gasteiger partial charge in [0.2, 0.25) is 0 Å². The van der Waals surface area contributed by atoms with E-state index in [-0.39, 0.29) is 0 Å². The fourth-order valence-corrected chi connectivity index (χ4v) is 1.35. The van der Waals surface area contributed by atoms with Crippen LogP contribution in [0.1, 0.15) is 5.56 Å². The second-order valence-electron chi connectivity index (χ2n) is 2.80. The third-order valence-corrected chi connectivity index (χ3v) is 2.38. The molecule has 2 N–H and O–H groups in total. The number of aromatic nitrogens is 1. The maximum atomic E-state index is 5.85. The second kappa shape index (κ2) is 5.54. The Morgan fingerprint density at radius 3 is 3.07 bits per heavy atom. The van der Waals surface area contributed by atoms with Crippen LogP contribution in [0.15, 0.2) is 39.7 Å². The first-order chi connectivity index (χ1) is 6.74. The molecule has 0 aromatic carbocycles. The van der Waals surface area contributed by atoms with Crippen molar-refractivity contribution in [2.24, 2.45) is 10.7 Å². The lowest BCUT2D eigenvalue weighted by Crippen LogP contribution is -2.04. The topological polar surface area (TPSA) is 51.3 Å². The Labute approximate surface area is 91.9 Å². The minimum atomic E-state index is 0.681. The molecule has 1 aromatic rings. The summed E-state index contributed by atoms with van der Waals surface area (Å²) in [5, 5.41) is 0. The van der Waals surface area contributed by atoms with Crippen LogP contribution in [0.4, 0.5) is 0 Å². The van der Waals surface area contributed by atoms with Crippen molar-refractivity contribution in [3.05, 3.63) is 40.3 Å². The molecule has 1 aromatic heterocycles. The lowest BCUT2D eigenvalue weighted by atomic mass is 10.1. The van der Waals surface area contributed by atoms with E-state index in [2.05, 4.69) is 25.9 Å². The number of nitrogens with zero attached hydrogens (tertiary/aromatic N) is 2. The summed E-state index contributed by atoms with van der Waals surface area (Å²) in [5.41, 5.74) is 7.69. The lowest BCUT2D eigenvalue weighted by molar-refractivity contribution is 1.09. The van der Waals surface area contributed by atoms with Gasteiger partial charge >= 0.3 is 0 Å². The summed E-state index contributed by atoms with van der Waals surface area (Å²) >= 11 is 3.35. The Bertz CT molecular complexity index is 344. The molecule has 0 saturated heterocycles. The molecule has 74 valence electrons. The van der Waals surface area contributed by atoms with Gasteiger partial charge in [-0.3, -0.25) is 9.98 Å². The number of nitrogens with two attached hydrogens (primary N) is 1. The van der Waals surface area contributed by atoms with Crippen LogP contribution in [0.25, 0.3) is 0 Å². The van der Waals surface area contributed by atoms with Gasteiger partial charge in [0, 0.05) is 37.8 Å². The molecule has 0 unspecified atom stereocenters. The number of allylic oxidation sites excluding steroid dienone is 2. The van der Waals surface area contributed by atoms with E-state index < -0.39 is 0 Å². The van der Waals surface area contributed by atoms with E-state index in [0.717, 1.165) is 15.7 Å². The van der Waals surface area contributed by atoms with Gasteiger partial charge in [0.25, 0.3) is 0 Å². The third-order valence-electron chi connectivity index (χ3n) is 1.67. The average molecular weight is 254 g/mol. The van der Waals surface area contributed by atoms with Gasteiger partial charge in [-0.2, -0.15) is 0 Å². The molecular formula is C10H12BrN3. The number of rotatable bonds is 3. The first-order valence-corrected chi connectivity index (χ1v) is 4.98. The molecule has 1 heterocycles. The molecule has 0 atom stereocenters. The van der Waals surface area contributed by atoms with Crippen molar-refractivity contribution >= 4 is 22.1 Å². The molecule has 0 saturated carbocycles. The summed E-state index contributed by atoms with van der Waals surface area (Å²) < 4.78 is 0.823. The molecule has 0 bridgehead atoms. The Morgan fingerprint density at radius 1 is 1.71 bits per heavy atom. The number of hydrogen-bond acceptors (Lipinski definition) is 3. The van der Waals surface area contributed by atoms with Gasteiger partial charge in [-0.25, -0.2) is 0 Å². The largest absolute Gasteiger partial charge is 0.401 e. The Balaban J connectivity index is 2.75. The molecule has 0 amide bonds. The van der Waals surface area contributed by atoms with Crippen LogP contribution in [0.5, 0.6) is 0 Å². The zero-order valence-corrected chi connectivity index (χ0v) is 9.53. The molecule has 0 radical (unpaired) electrons. The summed E-state index contributed by atoms with van der Waals surface area (Å²) in [6, 6.07) is 3.88. The van der Waals surface area contributed by atoms with Crippen LogP contribution in [0, 0.1) is 0 Å². The van der Waals surface area contributed by atoms with Crippen LogP contribution < -0.4 is 5.73 Å². The fourth-order valence-electron chi connectivity index (χ4n) is 1.00. The molecule has 0 spiro atoms. The Kier molecular flexibility index (Phi) is 4.32. The lowest BCUT2D eigenvalue weighted by Gasteiger charge is -2.02. The minimum Gasteiger partial charge on any atom is -0.401 e. The van der Waals surface area contributed by atoms with Crippen LogP contribution in [-0.2, 0) is 6.42 Å². The normalized spacial score (nSPS) is 13.0.